The summed E-state index contributed by atoms with van der Waals surface area (Å²) in [6.45, 7) is 12.4. The Labute approximate surface area is 293 Å². The molecule has 0 saturated carbocycles. The van der Waals surface area contributed by atoms with Crippen molar-refractivity contribution in [3.8, 4) is 0 Å². The van der Waals surface area contributed by atoms with E-state index in [1.54, 1.807) is 40.7 Å². The molecule has 278 valence electrons. The smallest absolute Gasteiger partial charge is 0.311 e. The Morgan fingerprint density at radius 1 is 1.12 bits per heavy atom. The van der Waals surface area contributed by atoms with Crippen LogP contribution < -0.4 is 0 Å². The molecule has 1 amide bonds. The van der Waals surface area contributed by atoms with Crippen LogP contribution in [0.4, 0.5) is 0 Å². The molecule has 0 aliphatic carbocycles. The van der Waals surface area contributed by atoms with Gasteiger partial charge in [0.2, 0.25) is 0 Å². The lowest BCUT2D eigenvalue weighted by Crippen LogP contribution is -2.60. The number of hydrogen-bond acceptors (Lipinski definition) is 13. The molecule has 0 radical (unpaired) electrons. The van der Waals surface area contributed by atoms with Crippen LogP contribution >= 0.6 is 11.6 Å². The van der Waals surface area contributed by atoms with Crippen molar-refractivity contribution in [1.29, 1.82) is 0 Å². The molecule has 14 atom stereocenters. The standard InChI is InChI=1S/C34H54ClN3O11/c1-10-23-34(8,45)27(41)18(4)24(37-46)16(2)15-33(7,44)28(19(5)25(39)20(6)31(43)48-23)49-32-26(40)22(14-17(3)47-32)38(9)30(42)21-12-11-13-36-29(21)35/h11-13,16-20,22-23,25-28,32,39-41,44-46H,10,14-15H2,1-9H3/b37-24+/t16-,17-,18+,19+,20-,22+,23-,25+,26-,27-,28-,32+,33-,34-/m1/s1. The molecule has 2 aliphatic rings. The molecule has 0 bridgehead atoms. The molecule has 1 aromatic heterocycles. The van der Waals surface area contributed by atoms with Crippen molar-refractivity contribution in [2.24, 2.45) is 28.8 Å². The van der Waals surface area contributed by atoms with E-state index in [0.717, 1.165) is 0 Å². The van der Waals surface area contributed by atoms with Crippen molar-refractivity contribution < 1.29 is 54.5 Å². The molecule has 0 unspecified atom stereocenters. The highest BCUT2D eigenvalue weighted by Gasteiger charge is 2.51. The number of likely N-dealkylation sites (N-methyl/N-ethyl adjacent to an activating group) is 1. The third-order valence-corrected chi connectivity index (χ3v) is 10.7. The highest BCUT2D eigenvalue weighted by Crippen LogP contribution is 2.38. The van der Waals surface area contributed by atoms with Gasteiger partial charge in [-0.1, -0.05) is 44.5 Å². The normalized spacial score (nSPS) is 42.3. The minimum Gasteiger partial charge on any atom is -0.459 e. The molecule has 0 spiro atoms. The molecular weight excluding hydrogens is 662 g/mol. The van der Waals surface area contributed by atoms with Gasteiger partial charge in [-0.2, -0.15) is 0 Å². The predicted octanol–water partition coefficient (Wildman–Crippen LogP) is 2.38. The van der Waals surface area contributed by atoms with E-state index in [4.69, 9.17) is 25.8 Å². The summed E-state index contributed by atoms with van der Waals surface area (Å²) in [6.07, 6.45) is -7.18. The summed E-state index contributed by atoms with van der Waals surface area (Å²) in [5.41, 5.74) is -3.61. The van der Waals surface area contributed by atoms with E-state index in [1.165, 1.54) is 45.0 Å². The fourth-order valence-electron chi connectivity index (χ4n) is 7.37. The van der Waals surface area contributed by atoms with Crippen molar-refractivity contribution in [3.63, 3.8) is 0 Å². The molecule has 2 saturated heterocycles. The maximum atomic E-state index is 13.4. The number of carbonyl (C=O) groups is 2. The summed E-state index contributed by atoms with van der Waals surface area (Å²) >= 11 is 6.18. The van der Waals surface area contributed by atoms with Crippen molar-refractivity contribution >= 4 is 29.2 Å². The van der Waals surface area contributed by atoms with Crippen LogP contribution in [0.15, 0.2) is 23.5 Å². The Balaban J connectivity index is 2.03. The van der Waals surface area contributed by atoms with Gasteiger partial charge in [-0.3, -0.25) is 9.59 Å². The Hall–Kier alpha value is -2.43. The highest BCUT2D eigenvalue weighted by molar-refractivity contribution is 6.32. The Morgan fingerprint density at radius 3 is 2.33 bits per heavy atom. The topological polar surface area (TPSA) is 212 Å². The summed E-state index contributed by atoms with van der Waals surface area (Å²) in [7, 11) is 1.51. The monoisotopic (exact) mass is 715 g/mol. The van der Waals surface area contributed by atoms with Crippen LogP contribution in [0, 0.1) is 23.7 Å². The maximum Gasteiger partial charge on any atom is 0.311 e. The van der Waals surface area contributed by atoms with Gasteiger partial charge in [-0.25, -0.2) is 4.98 Å². The Bertz CT molecular complexity index is 1330. The van der Waals surface area contributed by atoms with Crippen LogP contribution in [0.2, 0.25) is 5.15 Å². The second kappa shape index (κ2) is 16.3. The first kappa shape index (κ1) is 41.0. The molecule has 1 aromatic rings. The number of pyridine rings is 1. The zero-order chi connectivity index (χ0) is 37.2. The number of aromatic nitrogens is 1. The quantitative estimate of drug-likeness (QED) is 0.112. The number of oxime groups is 1. The third kappa shape index (κ3) is 8.73. The summed E-state index contributed by atoms with van der Waals surface area (Å²) in [6, 6.07) is 2.28. The van der Waals surface area contributed by atoms with Gasteiger partial charge in [0.15, 0.2) is 6.29 Å². The van der Waals surface area contributed by atoms with Gasteiger partial charge in [0, 0.05) is 31.0 Å². The molecule has 3 rings (SSSR count). The number of carbonyl (C=O) groups excluding carboxylic acids is 2. The molecule has 3 heterocycles. The first-order chi connectivity index (χ1) is 22.7. The lowest BCUT2D eigenvalue weighted by atomic mass is 9.73. The second-order valence-electron chi connectivity index (χ2n) is 14.3. The van der Waals surface area contributed by atoms with E-state index in [2.05, 4.69) is 10.1 Å². The van der Waals surface area contributed by atoms with E-state index in [1.807, 2.05) is 0 Å². The molecular formula is C34H54ClN3O11. The number of amides is 1. The van der Waals surface area contributed by atoms with Gasteiger partial charge in [0.25, 0.3) is 5.91 Å². The largest absolute Gasteiger partial charge is 0.459 e. The number of ether oxygens (including phenoxy) is 3. The predicted molar refractivity (Wildman–Crippen MR) is 179 cm³/mol. The van der Waals surface area contributed by atoms with Gasteiger partial charge < -0.3 is 49.9 Å². The SMILES string of the molecule is CC[C@H]1OC(=O)[C@H](C)[C@@H](O)[C@H](C)[C@@H](O[C@@H]2O[C@H](C)C[C@H](N(C)C(=O)c3cccnc3Cl)[C@H]2O)[C@](C)(O)C[C@@H](C)/C(=N\O)[C@H](C)[C@@H](O)[C@]1(C)O. The number of rotatable bonds is 5. The van der Waals surface area contributed by atoms with Gasteiger partial charge in [-0.15, -0.1) is 0 Å². The minimum absolute atomic E-state index is 0.00333. The zero-order valence-electron chi connectivity index (χ0n) is 29.7. The maximum absolute atomic E-state index is 13.4. The van der Waals surface area contributed by atoms with Crippen molar-refractivity contribution in [3.05, 3.63) is 29.0 Å². The third-order valence-electron chi connectivity index (χ3n) is 10.4. The van der Waals surface area contributed by atoms with E-state index < -0.39 is 95.7 Å². The number of hydrogen-bond donors (Lipinski definition) is 6. The Kier molecular flexibility index (Phi) is 13.6. The first-order valence-electron chi connectivity index (χ1n) is 16.8. The number of halogens is 1. The molecule has 2 fully saturated rings. The van der Waals surface area contributed by atoms with Crippen LogP contribution in [0.3, 0.4) is 0 Å². The summed E-state index contributed by atoms with van der Waals surface area (Å²) in [5.74, 6) is -5.18. The van der Waals surface area contributed by atoms with Crippen LogP contribution in [-0.4, -0.2) is 125 Å². The van der Waals surface area contributed by atoms with E-state index in [9.17, 15) is 40.3 Å². The molecule has 15 heteroatoms. The van der Waals surface area contributed by atoms with Crippen LogP contribution in [0.25, 0.3) is 0 Å². The van der Waals surface area contributed by atoms with Crippen molar-refractivity contribution in [2.45, 2.75) is 135 Å². The molecule has 0 aromatic carbocycles. The van der Waals surface area contributed by atoms with Crippen LogP contribution in [0.5, 0.6) is 0 Å². The molecule has 14 nitrogen and oxygen atoms in total. The fourth-order valence-corrected chi connectivity index (χ4v) is 7.57. The van der Waals surface area contributed by atoms with Crippen LogP contribution in [-0.2, 0) is 19.0 Å². The second-order valence-corrected chi connectivity index (χ2v) is 14.7. The summed E-state index contributed by atoms with van der Waals surface area (Å²) in [4.78, 5) is 32.1. The number of esters is 1. The van der Waals surface area contributed by atoms with Crippen LogP contribution in [0.1, 0.15) is 85.0 Å². The van der Waals surface area contributed by atoms with E-state index in [-0.39, 0.29) is 35.7 Å². The fraction of sp³-hybridized carbons (Fsp3) is 0.765. The molecule has 6 N–H and O–H groups in total. The average molecular weight is 716 g/mol. The Morgan fingerprint density at radius 2 is 1.76 bits per heavy atom. The van der Waals surface area contributed by atoms with Gasteiger partial charge in [0.1, 0.15) is 23.0 Å². The summed E-state index contributed by atoms with van der Waals surface area (Å²) in [5, 5.41) is 71.4. The molecule has 49 heavy (non-hydrogen) atoms. The van der Waals surface area contributed by atoms with Gasteiger partial charge in [-0.05, 0) is 59.1 Å². The lowest BCUT2D eigenvalue weighted by molar-refractivity contribution is -0.298. The molecule has 2 aliphatic heterocycles. The van der Waals surface area contributed by atoms with E-state index >= 15 is 0 Å². The minimum atomic E-state index is -1.97. The van der Waals surface area contributed by atoms with E-state index in [0.29, 0.717) is 0 Å². The zero-order valence-corrected chi connectivity index (χ0v) is 30.5. The van der Waals surface area contributed by atoms with Crippen molar-refractivity contribution in [2.75, 3.05) is 7.05 Å². The van der Waals surface area contributed by atoms with Crippen molar-refractivity contribution in [1.82, 2.24) is 9.88 Å². The lowest BCUT2D eigenvalue weighted by Gasteiger charge is -2.47. The number of nitrogens with zero attached hydrogens (tertiary/aromatic N) is 3. The first-order valence-corrected chi connectivity index (χ1v) is 17.2. The summed E-state index contributed by atoms with van der Waals surface area (Å²) < 4.78 is 18.1. The number of cyclic esters (lactones) is 1. The van der Waals surface area contributed by atoms with Gasteiger partial charge >= 0.3 is 5.97 Å². The number of aliphatic hydroxyl groups excluding tert-OH is 3. The van der Waals surface area contributed by atoms with Gasteiger partial charge in [0.05, 0.1) is 53.3 Å². The number of aliphatic hydroxyl groups is 5. The average Bonchev–Trinajstić information content (AvgIpc) is 3.04. The highest BCUT2D eigenvalue weighted by atomic mass is 35.5.